The van der Waals surface area contributed by atoms with Gasteiger partial charge in [0.25, 0.3) is 0 Å². The van der Waals surface area contributed by atoms with Gasteiger partial charge in [-0.2, -0.15) is 0 Å². The highest BCUT2D eigenvalue weighted by Gasteiger charge is 2.05. The maximum Gasteiger partial charge on any atom is 0.0273 e. The van der Waals surface area contributed by atoms with Gasteiger partial charge in [-0.25, -0.2) is 0 Å². The summed E-state index contributed by atoms with van der Waals surface area (Å²) in [6.45, 7) is 11.5. The zero-order valence-corrected chi connectivity index (χ0v) is 8.82. The third-order valence-corrected chi connectivity index (χ3v) is 2.14. The van der Waals surface area contributed by atoms with Crippen molar-refractivity contribution in [2.45, 2.75) is 52.5 Å². The first-order valence-electron chi connectivity index (χ1n) is 5.11. The lowest BCUT2D eigenvalue weighted by atomic mass is 10.0. The Bertz CT molecular complexity index is 118. The second-order valence-electron chi connectivity index (χ2n) is 3.45. The van der Waals surface area contributed by atoms with Crippen molar-refractivity contribution in [2.75, 3.05) is 6.54 Å². The highest BCUT2D eigenvalue weighted by atomic mass is 14.9. The third-order valence-electron chi connectivity index (χ3n) is 2.14. The highest BCUT2D eigenvalue weighted by molar-refractivity contribution is 5.00. The lowest BCUT2D eigenvalue weighted by Gasteiger charge is -2.17. The van der Waals surface area contributed by atoms with Crippen molar-refractivity contribution in [3.63, 3.8) is 0 Å². The van der Waals surface area contributed by atoms with Gasteiger partial charge in [-0.15, -0.1) is 0 Å². The van der Waals surface area contributed by atoms with Crippen LogP contribution < -0.4 is 5.32 Å². The lowest BCUT2D eigenvalue weighted by molar-refractivity contribution is 0.518. The summed E-state index contributed by atoms with van der Waals surface area (Å²) in [5, 5.41) is 3.44. The Morgan fingerprint density at radius 1 is 1.33 bits per heavy atom. The van der Waals surface area contributed by atoms with Gasteiger partial charge >= 0.3 is 0 Å². The minimum atomic E-state index is 0.543. The van der Waals surface area contributed by atoms with Crippen LogP contribution in [0.1, 0.15) is 46.5 Å². The van der Waals surface area contributed by atoms with Crippen LogP contribution in [0, 0.1) is 0 Å². The van der Waals surface area contributed by atoms with Crippen LogP contribution in [0.2, 0.25) is 0 Å². The molecule has 1 heteroatoms. The standard InChI is InChI=1S/C11H23N/c1-5-7-8-9-11(10(3)4)12-6-2/h11-12H,3,5-9H2,1-2,4H3. The van der Waals surface area contributed by atoms with Crippen LogP contribution in [0.25, 0.3) is 0 Å². The number of unbranched alkanes of at least 4 members (excludes halogenated alkanes) is 2. The van der Waals surface area contributed by atoms with Gasteiger partial charge < -0.3 is 5.32 Å². The van der Waals surface area contributed by atoms with Gasteiger partial charge in [-0.05, 0) is 19.9 Å². The zero-order chi connectivity index (χ0) is 9.40. The summed E-state index contributed by atoms with van der Waals surface area (Å²) in [6.07, 6.45) is 5.21. The van der Waals surface area contributed by atoms with Crippen LogP contribution in [0.15, 0.2) is 12.2 Å². The maximum absolute atomic E-state index is 3.99. The van der Waals surface area contributed by atoms with E-state index in [0.29, 0.717) is 6.04 Å². The maximum atomic E-state index is 3.99. The quantitative estimate of drug-likeness (QED) is 0.456. The van der Waals surface area contributed by atoms with E-state index in [9.17, 15) is 0 Å². The Kier molecular flexibility index (Phi) is 7.17. The number of likely N-dealkylation sites (N-methyl/N-ethyl adjacent to an activating group) is 1. The molecule has 1 N–H and O–H groups in total. The van der Waals surface area contributed by atoms with Crippen LogP contribution in [0.3, 0.4) is 0 Å². The topological polar surface area (TPSA) is 12.0 Å². The Balaban J connectivity index is 3.56. The predicted octanol–water partition coefficient (Wildman–Crippen LogP) is 3.12. The fraction of sp³-hybridized carbons (Fsp3) is 0.818. The first-order chi connectivity index (χ1) is 5.72. The van der Waals surface area contributed by atoms with E-state index in [2.05, 4.69) is 32.7 Å². The molecule has 0 heterocycles. The average molecular weight is 169 g/mol. The SMILES string of the molecule is C=C(C)C(CCCCC)NCC. The molecule has 0 rings (SSSR count). The van der Waals surface area contributed by atoms with Crippen LogP contribution >= 0.6 is 0 Å². The van der Waals surface area contributed by atoms with Crippen molar-refractivity contribution in [3.05, 3.63) is 12.2 Å². The van der Waals surface area contributed by atoms with Gasteiger partial charge in [-0.3, -0.25) is 0 Å². The molecular formula is C11H23N. The van der Waals surface area contributed by atoms with E-state index in [1.165, 1.54) is 31.3 Å². The summed E-state index contributed by atoms with van der Waals surface area (Å²) in [5.41, 5.74) is 1.27. The molecular weight excluding hydrogens is 146 g/mol. The number of nitrogens with one attached hydrogen (secondary N) is 1. The minimum absolute atomic E-state index is 0.543. The molecule has 0 saturated heterocycles. The molecule has 0 aromatic carbocycles. The van der Waals surface area contributed by atoms with E-state index in [-0.39, 0.29) is 0 Å². The predicted molar refractivity (Wildman–Crippen MR) is 56.4 cm³/mol. The van der Waals surface area contributed by atoms with Crippen molar-refractivity contribution < 1.29 is 0 Å². The second-order valence-corrected chi connectivity index (χ2v) is 3.45. The molecule has 0 aromatic rings. The highest BCUT2D eigenvalue weighted by Crippen LogP contribution is 2.08. The van der Waals surface area contributed by atoms with Gasteiger partial charge in [0.15, 0.2) is 0 Å². The molecule has 1 atom stereocenters. The van der Waals surface area contributed by atoms with E-state index in [1.807, 2.05) is 0 Å². The number of rotatable bonds is 7. The van der Waals surface area contributed by atoms with Gasteiger partial charge in [0, 0.05) is 6.04 Å². The largest absolute Gasteiger partial charge is 0.311 e. The molecule has 72 valence electrons. The molecule has 0 aromatic heterocycles. The Morgan fingerprint density at radius 3 is 2.42 bits per heavy atom. The Hall–Kier alpha value is -0.300. The second kappa shape index (κ2) is 7.35. The van der Waals surface area contributed by atoms with Crippen molar-refractivity contribution >= 4 is 0 Å². The summed E-state index contributed by atoms with van der Waals surface area (Å²) >= 11 is 0. The van der Waals surface area contributed by atoms with Crippen molar-refractivity contribution in [3.8, 4) is 0 Å². The van der Waals surface area contributed by atoms with E-state index in [1.54, 1.807) is 0 Å². The monoisotopic (exact) mass is 169 g/mol. The molecule has 1 unspecified atom stereocenters. The normalized spacial score (nSPS) is 12.9. The summed E-state index contributed by atoms with van der Waals surface area (Å²) in [7, 11) is 0. The molecule has 0 amide bonds. The minimum Gasteiger partial charge on any atom is -0.311 e. The summed E-state index contributed by atoms with van der Waals surface area (Å²) in [4.78, 5) is 0. The molecule has 0 aliphatic rings. The van der Waals surface area contributed by atoms with Crippen molar-refractivity contribution in [2.24, 2.45) is 0 Å². The first kappa shape index (κ1) is 11.7. The smallest absolute Gasteiger partial charge is 0.0273 e. The van der Waals surface area contributed by atoms with Crippen LogP contribution in [-0.2, 0) is 0 Å². The third kappa shape index (κ3) is 5.36. The van der Waals surface area contributed by atoms with Crippen LogP contribution in [0.4, 0.5) is 0 Å². The first-order valence-corrected chi connectivity index (χ1v) is 5.11. The summed E-state index contributed by atoms with van der Waals surface area (Å²) in [5.74, 6) is 0. The molecule has 0 aliphatic heterocycles. The van der Waals surface area contributed by atoms with E-state index < -0.39 is 0 Å². The van der Waals surface area contributed by atoms with Crippen LogP contribution in [0.5, 0.6) is 0 Å². The van der Waals surface area contributed by atoms with Gasteiger partial charge in [0.1, 0.15) is 0 Å². The van der Waals surface area contributed by atoms with Gasteiger partial charge in [0.05, 0.1) is 0 Å². The van der Waals surface area contributed by atoms with E-state index in [4.69, 9.17) is 0 Å². The fourth-order valence-electron chi connectivity index (χ4n) is 1.37. The van der Waals surface area contributed by atoms with Gasteiger partial charge in [-0.1, -0.05) is 45.3 Å². The molecule has 0 aliphatic carbocycles. The zero-order valence-electron chi connectivity index (χ0n) is 8.82. The molecule has 0 saturated carbocycles. The number of hydrogen-bond donors (Lipinski definition) is 1. The van der Waals surface area contributed by atoms with Crippen molar-refractivity contribution in [1.29, 1.82) is 0 Å². The summed E-state index contributed by atoms with van der Waals surface area (Å²) < 4.78 is 0. The Labute approximate surface area is 77.2 Å². The molecule has 12 heavy (non-hydrogen) atoms. The number of hydrogen-bond acceptors (Lipinski definition) is 1. The van der Waals surface area contributed by atoms with E-state index >= 15 is 0 Å². The molecule has 0 bridgehead atoms. The van der Waals surface area contributed by atoms with Crippen molar-refractivity contribution in [1.82, 2.24) is 5.32 Å². The summed E-state index contributed by atoms with van der Waals surface area (Å²) in [6, 6.07) is 0.543. The van der Waals surface area contributed by atoms with Gasteiger partial charge in [0.2, 0.25) is 0 Å². The molecule has 1 nitrogen and oxygen atoms in total. The molecule has 0 spiro atoms. The fourth-order valence-corrected chi connectivity index (χ4v) is 1.37. The Morgan fingerprint density at radius 2 is 2.00 bits per heavy atom. The lowest BCUT2D eigenvalue weighted by Crippen LogP contribution is -2.29. The molecule has 0 fully saturated rings. The van der Waals surface area contributed by atoms with E-state index in [0.717, 1.165) is 6.54 Å². The molecule has 0 radical (unpaired) electrons. The van der Waals surface area contributed by atoms with Crippen LogP contribution in [-0.4, -0.2) is 12.6 Å². The average Bonchev–Trinajstić information content (AvgIpc) is 2.03.